The summed E-state index contributed by atoms with van der Waals surface area (Å²) < 4.78 is 13.3. The monoisotopic (exact) mass is 327 g/mol. The average Bonchev–Trinajstić information content (AvgIpc) is 2.55. The number of nitrogens with zero attached hydrogens (tertiary/aromatic N) is 1. The molecular formula is C18H18FN3O2. The molecule has 1 aliphatic rings. The van der Waals surface area contributed by atoms with E-state index in [4.69, 9.17) is 0 Å². The molecule has 2 aromatic carbocycles. The van der Waals surface area contributed by atoms with E-state index in [1.807, 2.05) is 13.0 Å². The number of para-hydroxylation sites is 2. The Hall–Kier alpha value is -2.89. The van der Waals surface area contributed by atoms with Crippen LogP contribution in [0, 0.1) is 5.82 Å². The van der Waals surface area contributed by atoms with Crippen molar-refractivity contribution in [3.63, 3.8) is 0 Å². The second-order valence-electron chi connectivity index (χ2n) is 5.62. The molecule has 6 heteroatoms. The van der Waals surface area contributed by atoms with Gasteiger partial charge < -0.3 is 10.6 Å². The van der Waals surface area contributed by atoms with Crippen LogP contribution < -0.4 is 15.5 Å². The summed E-state index contributed by atoms with van der Waals surface area (Å²) in [6, 6.07) is 11.7. The van der Waals surface area contributed by atoms with Gasteiger partial charge in [-0.15, -0.1) is 0 Å². The second kappa shape index (κ2) is 6.70. The molecule has 0 aliphatic carbocycles. The van der Waals surface area contributed by atoms with Crippen LogP contribution in [0.25, 0.3) is 0 Å². The summed E-state index contributed by atoms with van der Waals surface area (Å²) in [5.74, 6) is -0.653. The van der Waals surface area contributed by atoms with Crippen molar-refractivity contribution in [1.29, 1.82) is 0 Å². The lowest BCUT2D eigenvalue weighted by atomic mass is 10.0. The summed E-state index contributed by atoms with van der Waals surface area (Å²) in [6.45, 7) is 1.95. The predicted octanol–water partition coefficient (Wildman–Crippen LogP) is 3.99. The van der Waals surface area contributed by atoms with Crippen LogP contribution in [0.1, 0.15) is 19.8 Å². The molecule has 0 aromatic heterocycles. The van der Waals surface area contributed by atoms with Crippen molar-refractivity contribution in [1.82, 2.24) is 0 Å². The maximum absolute atomic E-state index is 13.3. The van der Waals surface area contributed by atoms with E-state index < -0.39 is 17.9 Å². The lowest BCUT2D eigenvalue weighted by molar-refractivity contribution is -0.117. The molecule has 0 saturated heterocycles. The molecule has 1 atom stereocenters. The van der Waals surface area contributed by atoms with Crippen LogP contribution in [0.15, 0.2) is 48.5 Å². The van der Waals surface area contributed by atoms with E-state index >= 15 is 0 Å². The van der Waals surface area contributed by atoms with Crippen LogP contribution in [-0.2, 0) is 4.79 Å². The summed E-state index contributed by atoms with van der Waals surface area (Å²) in [5.41, 5.74) is 1.56. The number of fused-ring (bicyclic) bond motifs is 1. The van der Waals surface area contributed by atoms with Crippen molar-refractivity contribution in [3.8, 4) is 0 Å². The summed E-state index contributed by atoms with van der Waals surface area (Å²) in [6.07, 6.45) is 1.29. The Kier molecular flexibility index (Phi) is 4.46. The fraction of sp³-hybridized carbons (Fsp3) is 0.222. The molecule has 1 heterocycles. The molecule has 1 unspecified atom stereocenters. The maximum atomic E-state index is 13.3. The quantitative estimate of drug-likeness (QED) is 0.895. The molecule has 1 aliphatic heterocycles. The van der Waals surface area contributed by atoms with Crippen molar-refractivity contribution >= 4 is 29.0 Å². The van der Waals surface area contributed by atoms with Gasteiger partial charge in [0, 0.05) is 5.69 Å². The third-order valence-corrected chi connectivity index (χ3v) is 3.89. The van der Waals surface area contributed by atoms with Crippen LogP contribution in [0.5, 0.6) is 0 Å². The number of carbonyl (C=O) groups is 2. The number of carbonyl (C=O) groups excluding carboxylic acids is 2. The van der Waals surface area contributed by atoms with E-state index in [0.717, 1.165) is 6.42 Å². The van der Waals surface area contributed by atoms with Gasteiger partial charge in [-0.3, -0.25) is 9.69 Å². The Morgan fingerprint density at radius 3 is 2.79 bits per heavy atom. The summed E-state index contributed by atoms with van der Waals surface area (Å²) in [4.78, 5) is 26.6. The number of amides is 3. The van der Waals surface area contributed by atoms with Gasteiger partial charge in [-0.05, 0) is 36.8 Å². The van der Waals surface area contributed by atoms with Gasteiger partial charge in [0.15, 0.2) is 0 Å². The van der Waals surface area contributed by atoms with Gasteiger partial charge in [-0.2, -0.15) is 0 Å². The Labute approximate surface area is 139 Å². The Balaban J connectivity index is 1.95. The lowest BCUT2D eigenvalue weighted by Gasteiger charge is -2.36. The second-order valence-corrected chi connectivity index (χ2v) is 5.62. The largest absolute Gasteiger partial charge is 0.327 e. The number of benzene rings is 2. The van der Waals surface area contributed by atoms with Crippen LogP contribution in [-0.4, -0.2) is 18.0 Å². The van der Waals surface area contributed by atoms with Crippen LogP contribution in [0.2, 0.25) is 0 Å². The number of halogens is 1. The molecule has 24 heavy (non-hydrogen) atoms. The Morgan fingerprint density at radius 1 is 1.25 bits per heavy atom. The third-order valence-electron chi connectivity index (χ3n) is 3.89. The standard InChI is InChI=1S/C18H18FN3O2/c1-2-6-16-17(23)21-14-9-3-4-10-15(14)22(16)18(24)20-13-8-5-7-12(19)11-13/h3-5,7-11,16H,2,6H2,1H3,(H,20,24)(H,21,23). The van der Waals surface area contributed by atoms with E-state index in [1.54, 1.807) is 24.3 Å². The Bertz CT molecular complexity index is 778. The van der Waals surface area contributed by atoms with Gasteiger partial charge in [0.25, 0.3) is 0 Å². The molecule has 124 valence electrons. The van der Waals surface area contributed by atoms with E-state index in [-0.39, 0.29) is 5.91 Å². The van der Waals surface area contributed by atoms with Crippen molar-refractivity contribution in [2.75, 3.05) is 15.5 Å². The van der Waals surface area contributed by atoms with Crippen molar-refractivity contribution in [2.24, 2.45) is 0 Å². The molecule has 0 bridgehead atoms. The first-order valence-electron chi connectivity index (χ1n) is 7.86. The number of rotatable bonds is 3. The SMILES string of the molecule is CCCC1C(=O)Nc2ccccc2N1C(=O)Nc1cccc(F)c1. The molecule has 5 nitrogen and oxygen atoms in total. The van der Waals surface area contributed by atoms with E-state index in [0.29, 0.717) is 23.5 Å². The number of nitrogens with one attached hydrogen (secondary N) is 2. The predicted molar refractivity (Wildman–Crippen MR) is 91.7 cm³/mol. The minimum Gasteiger partial charge on any atom is -0.322 e. The molecule has 3 rings (SSSR count). The number of anilines is 3. The summed E-state index contributed by atoms with van der Waals surface area (Å²) in [7, 11) is 0. The van der Waals surface area contributed by atoms with Crippen molar-refractivity contribution in [2.45, 2.75) is 25.8 Å². The number of hydrogen-bond acceptors (Lipinski definition) is 2. The van der Waals surface area contributed by atoms with E-state index in [1.165, 1.54) is 23.1 Å². The summed E-state index contributed by atoms with van der Waals surface area (Å²) >= 11 is 0. The minimum absolute atomic E-state index is 0.218. The van der Waals surface area contributed by atoms with Gasteiger partial charge in [-0.1, -0.05) is 31.5 Å². The molecule has 3 amide bonds. The highest BCUT2D eigenvalue weighted by Crippen LogP contribution is 2.33. The number of urea groups is 1. The first-order chi connectivity index (χ1) is 11.6. The molecule has 0 radical (unpaired) electrons. The van der Waals surface area contributed by atoms with Gasteiger partial charge in [0.1, 0.15) is 11.9 Å². The molecule has 0 fully saturated rings. The van der Waals surface area contributed by atoms with Crippen LogP contribution in [0.4, 0.5) is 26.2 Å². The molecule has 0 spiro atoms. The van der Waals surface area contributed by atoms with Gasteiger partial charge in [0.2, 0.25) is 5.91 Å². The summed E-state index contributed by atoms with van der Waals surface area (Å²) in [5, 5.41) is 5.50. The van der Waals surface area contributed by atoms with Crippen LogP contribution >= 0.6 is 0 Å². The fourth-order valence-corrected chi connectivity index (χ4v) is 2.83. The average molecular weight is 327 g/mol. The van der Waals surface area contributed by atoms with E-state index in [2.05, 4.69) is 10.6 Å². The topological polar surface area (TPSA) is 61.4 Å². The van der Waals surface area contributed by atoms with Gasteiger partial charge >= 0.3 is 6.03 Å². The first-order valence-corrected chi connectivity index (χ1v) is 7.86. The highest BCUT2D eigenvalue weighted by Gasteiger charge is 2.36. The number of hydrogen-bond donors (Lipinski definition) is 2. The smallest absolute Gasteiger partial charge is 0.322 e. The minimum atomic E-state index is -0.599. The van der Waals surface area contributed by atoms with Crippen LogP contribution in [0.3, 0.4) is 0 Å². The van der Waals surface area contributed by atoms with Crippen molar-refractivity contribution in [3.05, 3.63) is 54.3 Å². The third kappa shape index (κ3) is 3.08. The molecule has 2 N–H and O–H groups in total. The van der Waals surface area contributed by atoms with Gasteiger partial charge in [0.05, 0.1) is 11.4 Å². The normalized spacial score (nSPS) is 16.3. The van der Waals surface area contributed by atoms with Gasteiger partial charge in [-0.25, -0.2) is 9.18 Å². The fourth-order valence-electron chi connectivity index (χ4n) is 2.83. The molecular weight excluding hydrogens is 309 g/mol. The Morgan fingerprint density at radius 2 is 2.04 bits per heavy atom. The highest BCUT2D eigenvalue weighted by atomic mass is 19.1. The lowest BCUT2D eigenvalue weighted by Crippen LogP contribution is -2.52. The maximum Gasteiger partial charge on any atom is 0.327 e. The zero-order valence-electron chi connectivity index (χ0n) is 13.3. The zero-order valence-corrected chi connectivity index (χ0v) is 13.3. The first kappa shape index (κ1) is 16.0. The van der Waals surface area contributed by atoms with E-state index in [9.17, 15) is 14.0 Å². The van der Waals surface area contributed by atoms with Crippen molar-refractivity contribution < 1.29 is 14.0 Å². The molecule has 2 aromatic rings. The molecule has 0 saturated carbocycles. The highest BCUT2D eigenvalue weighted by molar-refractivity contribution is 6.14. The zero-order chi connectivity index (χ0) is 17.1.